The minimum Gasteiger partial charge on any atom is -0.486 e. The van der Waals surface area contributed by atoms with Gasteiger partial charge in [0.15, 0.2) is 11.5 Å². The largest absolute Gasteiger partial charge is 0.486 e. The fraction of sp³-hybridized carbons (Fsp3) is 0.235. The smallest absolute Gasteiger partial charge is 0.321 e. The lowest BCUT2D eigenvalue weighted by Crippen LogP contribution is -2.31. The van der Waals surface area contributed by atoms with E-state index in [2.05, 4.69) is 5.32 Å². The molecule has 2 amide bonds. The quantitative estimate of drug-likeness (QED) is 0.930. The molecule has 5 nitrogen and oxygen atoms in total. The van der Waals surface area contributed by atoms with Crippen LogP contribution in [0.2, 0.25) is 5.02 Å². The van der Waals surface area contributed by atoms with Gasteiger partial charge in [-0.2, -0.15) is 0 Å². The van der Waals surface area contributed by atoms with Crippen LogP contribution in [0.3, 0.4) is 0 Å². The number of nitrogens with zero attached hydrogens (tertiary/aromatic N) is 1. The second kappa shape index (κ2) is 6.79. The number of halogens is 1. The molecule has 1 N–H and O–H groups in total. The van der Waals surface area contributed by atoms with Crippen LogP contribution in [0.4, 0.5) is 10.5 Å². The van der Waals surface area contributed by atoms with Gasteiger partial charge in [0.05, 0.1) is 10.7 Å². The number of fused-ring (bicyclic) bond motifs is 1. The maximum absolute atomic E-state index is 12.3. The van der Waals surface area contributed by atoms with Gasteiger partial charge in [0.2, 0.25) is 0 Å². The number of carbonyl (C=O) groups excluding carboxylic acids is 1. The Morgan fingerprint density at radius 2 is 1.91 bits per heavy atom. The lowest BCUT2D eigenvalue weighted by molar-refractivity contribution is 0.171. The molecule has 0 spiro atoms. The fourth-order valence-corrected chi connectivity index (χ4v) is 2.49. The summed E-state index contributed by atoms with van der Waals surface area (Å²) in [5.41, 5.74) is 1.55. The Labute approximate surface area is 139 Å². The van der Waals surface area contributed by atoms with Crippen LogP contribution < -0.4 is 14.8 Å². The lowest BCUT2D eigenvalue weighted by atomic mass is 10.2. The molecule has 0 atom stereocenters. The molecule has 1 aliphatic heterocycles. The normalized spacial score (nSPS) is 12.6. The molecule has 0 aliphatic carbocycles. The molecule has 3 rings (SSSR count). The minimum absolute atomic E-state index is 0.229. The van der Waals surface area contributed by atoms with Gasteiger partial charge in [-0.1, -0.05) is 29.8 Å². The monoisotopic (exact) mass is 332 g/mol. The molecule has 0 aromatic heterocycles. The number of para-hydroxylation sites is 1. The minimum atomic E-state index is -0.229. The Kier molecular flexibility index (Phi) is 4.57. The Bertz CT molecular complexity index is 721. The van der Waals surface area contributed by atoms with E-state index in [0.717, 1.165) is 11.3 Å². The number of ether oxygens (including phenoxy) is 2. The highest BCUT2D eigenvalue weighted by Crippen LogP contribution is 2.31. The molecule has 0 unspecified atom stereocenters. The number of carbonyl (C=O) groups is 1. The van der Waals surface area contributed by atoms with E-state index < -0.39 is 0 Å². The zero-order valence-corrected chi connectivity index (χ0v) is 13.5. The topological polar surface area (TPSA) is 50.8 Å². The van der Waals surface area contributed by atoms with Crippen molar-refractivity contribution in [2.75, 3.05) is 25.6 Å². The number of nitrogens with one attached hydrogen (secondary N) is 1. The Balaban J connectivity index is 1.65. The second-order valence-corrected chi connectivity index (χ2v) is 5.65. The van der Waals surface area contributed by atoms with Gasteiger partial charge < -0.3 is 19.7 Å². The number of urea groups is 1. The van der Waals surface area contributed by atoms with E-state index in [-0.39, 0.29) is 6.03 Å². The van der Waals surface area contributed by atoms with Crippen LogP contribution in [0.25, 0.3) is 0 Å². The Morgan fingerprint density at radius 1 is 1.17 bits per heavy atom. The molecule has 6 heteroatoms. The van der Waals surface area contributed by atoms with Crippen molar-refractivity contribution in [1.29, 1.82) is 0 Å². The summed E-state index contributed by atoms with van der Waals surface area (Å²) in [6.07, 6.45) is 0. The van der Waals surface area contributed by atoms with E-state index >= 15 is 0 Å². The van der Waals surface area contributed by atoms with Crippen molar-refractivity contribution in [2.24, 2.45) is 0 Å². The van der Waals surface area contributed by atoms with Crippen LogP contribution in [-0.2, 0) is 6.54 Å². The van der Waals surface area contributed by atoms with E-state index in [1.54, 1.807) is 24.1 Å². The third-order valence-corrected chi connectivity index (χ3v) is 3.82. The van der Waals surface area contributed by atoms with E-state index in [1.165, 1.54) is 0 Å². The van der Waals surface area contributed by atoms with Gasteiger partial charge in [0.1, 0.15) is 13.2 Å². The molecule has 120 valence electrons. The summed E-state index contributed by atoms with van der Waals surface area (Å²) in [6.45, 7) is 1.55. The maximum atomic E-state index is 12.3. The SMILES string of the molecule is CN(Cc1ccc2c(c1)OCCO2)C(=O)Nc1ccccc1Cl. The number of hydrogen-bond donors (Lipinski definition) is 1. The molecule has 0 bridgehead atoms. The highest BCUT2D eigenvalue weighted by atomic mass is 35.5. The van der Waals surface area contributed by atoms with E-state index in [4.69, 9.17) is 21.1 Å². The standard InChI is InChI=1S/C17H17ClN2O3/c1-20(17(21)19-14-5-3-2-4-13(14)18)11-12-6-7-15-16(10-12)23-9-8-22-15/h2-7,10H,8-9,11H2,1H3,(H,19,21). The van der Waals surface area contributed by atoms with E-state index in [1.807, 2.05) is 30.3 Å². The molecular weight excluding hydrogens is 316 g/mol. The summed E-state index contributed by atoms with van der Waals surface area (Å²) < 4.78 is 11.0. The lowest BCUT2D eigenvalue weighted by Gasteiger charge is -2.21. The predicted molar refractivity (Wildman–Crippen MR) is 89.4 cm³/mol. The first-order valence-electron chi connectivity index (χ1n) is 7.28. The highest BCUT2D eigenvalue weighted by Gasteiger charge is 2.15. The third kappa shape index (κ3) is 3.68. The number of anilines is 1. The molecular formula is C17H17ClN2O3. The summed E-state index contributed by atoms with van der Waals surface area (Å²) >= 11 is 6.05. The van der Waals surface area contributed by atoms with Crippen LogP contribution in [0, 0.1) is 0 Å². The molecule has 0 fully saturated rings. The zero-order valence-electron chi connectivity index (χ0n) is 12.7. The average molecular weight is 333 g/mol. The maximum Gasteiger partial charge on any atom is 0.321 e. The second-order valence-electron chi connectivity index (χ2n) is 5.24. The van der Waals surface area contributed by atoms with Gasteiger partial charge in [0, 0.05) is 13.6 Å². The van der Waals surface area contributed by atoms with Gasteiger partial charge in [-0.3, -0.25) is 0 Å². The summed E-state index contributed by atoms with van der Waals surface area (Å²) in [6, 6.07) is 12.6. The van der Waals surface area contributed by atoms with Gasteiger partial charge in [-0.05, 0) is 29.8 Å². The fourth-order valence-electron chi connectivity index (χ4n) is 2.30. The number of benzene rings is 2. The average Bonchev–Trinajstić information content (AvgIpc) is 2.56. The predicted octanol–water partition coefficient (Wildman–Crippen LogP) is 3.78. The zero-order chi connectivity index (χ0) is 16.2. The molecule has 2 aromatic carbocycles. The Morgan fingerprint density at radius 3 is 2.70 bits per heavy atom. The van der Waals surface area contributed by atoms with Crippen molar-refractivity contribution < 1.29 is 14.3 Å². The molecule has 0 saturated heterocycles. The molecule has 1 heterocycles. The Hall–Kier alpha value is -2.40. The summed E-state index contributed by atoms with van der Waals surface area (Å²) in [4.78, 5) is 13.8. The molecule has 1 aliphatic rings. The van der Waals surface area contributed by atoms with Crippen molar-refractivity contribution in [3.63, 3.8) is 0 Å². The molecule has 23 heavy (non-hydrogen) atoms. The van der Waals surface area contributed by atoms with Gasteiger partial charge >= 0.3 is 6.03 Å². The highest BCUT2D eigenvalue weighted by molar-refractivity contribution is 6.33. The van der Waals surface area contributed by atoms with E-state index in [9.17, 15) is 4.79 Å². The van der Waals surface area contributed by atoms with Crippen molar-refractivity contribution in [2.45, 2.75) is 6.54 Å². The number of amides is 2. The molecule has 0 saturated carbocycles. The number of rotatable bonds is 3. The third-order valence-electron chi connectivity index (χ3n) is 3.49. The van der Waals surface area contributed by atoms with Crippen LogP contribution in [0.15, 0.2) is 42.5 Å². The van der Waals surface area contributed by atoms with Gasteiger partial charge in [-0.15, -0.1) is 0 Å². The summed E-state index contributed by atoms with van der Waals surface area (Å²) in [5.74, 6) is 1.46. The van der Waals surface area contributed by atoms with Crippen LogP contribution >= 0.6 is 11.6 Å². The first-order chi connectivity index (χ1) is 11.1. The summed E-state index contributed by atoms with van der Waals surface area (Å²) in [5, 5.41) is 3.30. The van der Waals surface area contributed by atoms with Crippen molar-refractivity contribution >= 4 is 23.3 Å². The first-order valence-corrected chi connectivity index (χ1v) is 7.66. The van der Waals surface area contributed by atoms with Crippen molar-refractivity contribution in [3.05, 3.63) is 53.1 Å². The van der Waals surface area contributed by atoms with Crippen molar-refractivity contribution in [1.82, 2.24) is 4.90 Å². The van der Waals surface area contributed by atoms with Crippen LogP contribution in [-0.4, -0.2) is 31.2 Å². The van der Waals surface area contributed by atoms with Gasteiger partial charge in [-0.25, -0.2) is 4.79 Å². The first kappa shape index (κ1) is 15.5. The van der Waals surface area contributed by atoms with Crippen LogP contribution in [0.5, 0.6) is 11.5 Å². The molecule has 0 radical (unpaired) electrons. The molecule has 2 aromatic rings. The van der Waals surface area contributed by atoms with Gasteiger partial charge in [0.25, 0.3) is 0 Å². The van der Waals surface area contributed by atoms with Crippen LogP contribution in [0.1, 0.15) is 5.56 Å². The number of hydrogen-bond acceptors (Lipinski definition) is 3. The van der Waals surface area contributed by atoms with Crippen molar-refractivity contribution in [3.8, 4) is 11.5 Å². The van der Waals surface area contributed by atoms with E-state index in [0.29, 0.717) is 36.2 Å². The summed E-state index contributed by atoms with van der Waals surface area (Å²) in [7, 11) is 1.73.